The summed E-state index contributed by atoms with van der Waals surface area (Å²) in [5.74, 6) is 0.863. The molecule has 0 saturated heterocycles. The van der Waals surface area contributed by atoms with Gasteiger partial charge in [-0.1, -0.05) is 44.9 Å². The summed E-state index contributed by atoms with van der Waals surface area (Å²) in [4.78, 5) is 0. The van der Waals surface area contributed by atoms with Gasteiger partial charge in [-0.25, -0.2) is 0 Å². The molecule has 0 amide bonds. The maximum absolute atomic E-state index is 9.77. The zero-order valence-corrected chi connectivity index (χ0v) is 12.8. The van der Waals surface area contributed by atoms with Gasteiger partial charge in [0.15, 0.2) is 0 Å². The molecule has 0 spiro atoms. The first kappa shape index (κ1) is 15.3. The molecule has 2 rings (SSSR count). The highest BCUT2D eigenvalue weighted by atomic mass is 16.3. The Kier molecular flexibility index (Phi) is 6.15. The molecule has 0 bridgehead atoms. The minimum absolute atomic E-state index is 0.192. The first-order valence-corrected chi connectivity index (χ1v) is 8.60. The van der Waals surface area contributed by atoms with E-state index in [1.165, 1.54) is 70.6 Å². The van der Waals surface area contributed by atoms with Gasteiger partial charge in [0, 0.05) is 24.6 Å². The molecular weight excluding hydrogens is 234 g/mol. The Hall–Kier alpha value is -0.0800. The average Bonchev–Trinajstić information content (AvgIpc) is 2.75. The number of nitrogens with one attached hydrogen (secondary N) is 1. The van der Waals surface area contributed by atoms with Crippen LogP contribution >= 0.6 is 0 Å². The van der Waals surface area contributed by atoms with E-state index in [4.69, 9.17) is 0 Å². The highest BCUT2D eigenvalue weighted by Gasteiger charge is 2.32. The second-order valence-electron chi connectivity index (χ2n) is 7.14. The fraction of sp³-hybridized carbons (Fsp3) is 1.00. The Morgan fingerprint density at radius 1 is 1.00 bits per heavy atom. The van der Waals surface area contributed by atoms with Gasteiger partial charge in [-0.2, -0.15) is 0 Å². The van der Waals surface area contributed by atoms with Gasteiger partial charge in [0.1, 0.15) is 0 Å². The van der Waals surface area contributed by atoms with Crippen LogP contribution in [0.15, 0.2) is 0 Å². The second-order valence-corrected chi connectivity index (χ2v) is 7.14. The van der Waals surface area contributed by atoms with Crippen molar-refractivity contribution in [3.8, 4) is 0 Å². The third-order valence-corrected chi connectivity index (χ3v) is 5.66. The molecule has 19 heavy (non-hydrogen) atoms. The highest BCUT2D eigenvalue weighted by molar-refractivity contribution is 4.86. The van der Waals surface area contributed by atoms with Crippen molar-refractivity contribution >= 4 is 0 Å². The molecule has 2 aliphatic carbocycles. The quantitative estimate of drug-likeness (QED) is 0.741. The van der Waals surface area contributed by atoms with E-state index in [2.05, 4.69) is 12.2 Å². The van der Waals surface area contributed by atoms with E-state index >= 15 is 0 Å². The lowest BCUT2D eigenvalue weighted by Gasteiger charge is -2.37. The Balaban J connectivity index is 1.79. The van der Waals surface area contributed by atoms with Crippen molar-refractivity contribution in [1.82, 2.24) is 5.32 Å². The lowest BCUT2D eigenvalue weighted by Crippen LogP contribution is -2.44. The van der Waals surface area contributed by atoms with Crippen LogP contribution in [0.3, 0.4) is 0 Å². The normalized spacial score (nSPS) is 26.8. The summed E-state index contributed by atoms with van der Waals surface area (Å²) in [5, 5.41) is 13.6. The number of aliphatic hydroxyl groups is 1. The second kappa shape index (κ2) is 7.64. The maximum Gasteiger partial charge on any atom is 0.0499 e. The van der Waals surface area contributed by atoms with Crippen LogP contribution in [0.25, 0.3) is 0 Å². The van der Waals surface area contributed by atoms with Gasteiger partial charge in [-0.05, 0) is 38.5 Å². The lowest BCUT2D eigenvalue weighted by molar-refractivity contribution is 0.0759. The molecule has 0 unspecified atom stereocenters. The Morgan fingerprint density at radius 2 is 1.58 bits per heavy atom. The molecule has 2 heteroatoms. The van der Waals surface area contributed by atoms with Crippen LogP contribution < -0.4 is 5.32 Å². The van der Waals surface area contributed by atoms with Crippen molar-refractivity contribution in [2.75, 3.05) is 13.2 Å². The maximum atomic E-state index is 9.77. The third kappa shape index (κ3) is 4.46. The standard InChI is InChI=1S/C17H33NO/c1-15(16-9-5-2-3-6-10-16)18-13-17(14-19)11-7-4-8-12-17/h15-16,18-19H,2-14H2,1H3/t15-/m0/s1. The molecule has 1 atom stereocenters. The van der Waals surface area contributed by atoms with Crippen molar-refractivity contribution < 1.29 is 5.11 Å². The molecule has 2 nitrogen and oxygen atoms in total. The molecule has 0 heterocycles. The first-order valence-electron chi connectivity index (χ1n) is 8.60. The zero-order chi connectivity index (χ0) is 13.6. The zero-order valence-electron chi connectivity index (χ0n) is 12.8. The molecule has 0 aromatic heterocycles. The van der Waals surface area contributed by atoms with Crippen LogP contribution in [0.4, 0.5) is 0 Å². The van der Waals surface area contributed by atoms with E-state index < -0.39 is 0 Å². The van der Waals surface area contributed by atoms with E-state index in [-0.39, 0.29) is 5.41 Å². The Labute approximate surface area is 119 Å². The van der Waals surface area contributed by atoms with Crippen molar-refractivity contribution in [3.05, 3.63) is 0 Å². The molecular formula is C17H33NO. The van der Waals surface area contributed by atoms with Gasteiger partial charge in [0.25, 0.3) is 0 Å². The van der Waals surface area contributed by atoms with Gasteiger partial charge >= 0.3 is 0 Å². The topological polar surface area (TPSA) is 32.3 Å². The van der Waals surface area contributed by atoms with Crippen LogP contribution in [-0.2, 0) is 0 Å². The first-order chi connectivity index (χ1) is 9.26. The summed E-state index contributed by atoms with van der Waals surface area (Å²) in [6.07, 6.45) is 14.9. The van der Waals surface area contributed by atoms with Gasteiger partial charge < -0.3 is 10.4 Å². The Morgan fingerprint density at radius 3 is 2.16 bits per heavy atom. The van der Waals surface area contributed by atoms with E-state index in [0.29, 0.717) is 12.6 Å². The number of hydrogen-bond donors (Lipinski definition) is 2. The van der Waals surface area contributed by atoms with Crippen molar-refractivity contribution in [2.24, 2.45) is 11.3 Å². The molecule has 2 fully saturated rings. The smallest absolute Gasteiger partial charge is 0.0499 e. The molecule has 2 aliphatic rings. The molecule has 2 saturated carbocycles. The van der Waals surface area contributed by atoms with Crippen LogP contribution in [0.2, 0.25) is 0 Å². The van der Waals surface area contributed by atoms with Crippen LogP contribution in [0, 0.1) is 11.3 Å². The number of rotatable bonds is 5. The fourth-order valence-corrected chi connectivity index (χ4v) is 4.05. The summed E-state index contributed by atoms with van der Waals surface area (Å²) < 4.78 is 0. The number of hydrogen-bond acceptors (Lipinski definition) is 2. The summed E-state index contributed by atoms with van der Waals surface area (Å²) in [6.45, 7) is 3.77. The van der Waals surface area contributed by atoms with Crippen molar-refractivity contribution in [1.29, 1.82) is 0 Å². The van der Waals surface area contributed by atoms with E-state index in [1.807, 2.05) is 0 Å². The molecule has 0 radical (unpaired) electrons. The van der Waals surface area contributed by atoms with Crippen LogP contribution in [-0.4, -0.2) is 24.3 Å². The van der Waals surface area contributed by atoms with Crippen molar-refractivity contribution in [3.63, 3.8) is 0 Å². The Bertz CT molecular complexity index is 240. The minimum Gasteiger partial charge on any atom is -0.396 e. The average molecular weight is 267 g/mol. The van der Waals surface area contributed by atoms with E-state index in [1.54, 1.807) is 0 Å². The van der Waals surface area contributed by atoms with Crippen LogP contribution in [0.5, 0.6) is 0 Å². The van der Waals surface area contributed by atoms with E-state index in [9.17, 15) is 5.11 Å². The molecule has 0 aromatic rings. The van der Waals surface area contributed by atoms with Crippen molar-refractivity contribution in [2.45, 2.75) is 83.6 Å². The SMILES string of the molecule is C[C@H](NCC1(CO)CCCCC1)C1CCCCCC1. The summed E-state index contributed by atoms with van der Waals surface area (Å²) in [6, 6.07) is 0.628. The minimum atomic E-state index is 0.192. The summed E-state index contributed by atoms with van der Waals surface area (Å²) in [7, 11) is 0. The molecule has 0 aliphatic heterocycles. The summed E-state index contributed by atoms with van der Waals surface area (Å²) >= 11 is 0. The fourth-order valence-electron chi connectivity index (χ4n) is 4.05. The number of aliphatic hydroxyl groups excluding tert-OH is 1. The largest absolute Gasteiger partial charge is 0.396 e. The summed E-state index contributed by atoms with van der Waals surface area (Å²) in [5.41, 5.74) is 0.192. The van der Waals surface area contributed by atoms with Gasteiger partial charge in [-0.3, -0.25) is 0 Å². The lowest BCUT2D eigenvalue weighted by atomic mass is 9.74. The van der Waals surface area contributed by atoms with E-state index in [0.717, 1.165) is 12.5 Å². The highest BCUT2D eigenvalue weighted by Crippen LogP contribution is 2.35. The van der Waals surface area contributed by atoms with Gasteiger partial charge in [-0.15, -0.1) is 0 Å². The van der Waals surface area contributed by atoms with Gasteiger partial charge in [0.05, 0.1) is 0 Å². The monoisotopic (exact) mass is 267 g/mol. The predicted octanol–water partition coefficient (Wildman–Crippen LogP) is 3.88. The molecule has 112 valence electrons. The third-order valence-electron chi connectivity index (χ3n) is 5.66. The van der Waals surface area contributed by atoms with Gasteiger partial charge in [0.2, 0.25) is 0 Å². The predicted molar refractivity (Wildman–Crippen MR) is 81.3 cm³/mol. The molecule has 0 aromatic carbocycles. The molecule has 2 N–H and O–H groups in total. The van der Waals surface area contributed by atoms with Crippen LogP contribution in [0.1, 0.15) is 77.6 Å².